The molecule has 5 nitrogen and oxygen atoms in total. The molecule has 0 amide bonds. The Morgan fingerprint density at radius 1 is 1.17 bits per heavy atom. The summed E-state index contributed by atoms with van der Waals surface area (Å²) in [6.45, 7) is 11.4. The van der Waals surface area contributed by atoms with Crippen molar-refractivity contribution in [2.45, 2.75) is 78.7 Å². The number of aromatic nitrogens is 2. The Labute approximate surface area is 173 Å². The third-order valence-corrected chi connectivity index (χ3v) is 6.39. The number of anilines is 1. The van der Waals surface area contributed by atoms with Crippen molar-refractivity contribution in [3.05, 3.63) is 24.0 Å². The molecule has 8 heteroatoms. The number of benzene rings is 1. The summed E-state index contributed by atoms with van der Waals surface area (Å²) in [6.07, 6.45) is 1.11. The second kappa shape index (κ2) is 8.58. The minimum Gasteiger partial charge on any atom is -0.327 e. The summed E-state index contributed by atoms with van der Waals surface area (Å²) < 4.78 is 55.1. The zero-order valence-corrected chi connectivity index (χ0v) is 19.0. The maximum absolute atomic E-state index is 13.4. The average Bonchev–Trinajstić information content (AvgIpc) is 2.95. The molecule has 0 saturated carbocycles. The van der Waals surface area contributed by atoms with Crippen molar-refractivity contribution in [3.63, 3.8) is 0 Å². The highest BCUT2D eigenvalue weighted by Crippen LogP contribution is 2.31. The molecule has 0 saturated heterocycles. The first kappa shape index (κ1) is 23.6. The number of sulfonamides is 1. The summed E-state index contributed by atoms with van der Waals surface area (Å²) in [6, 6.07) is 5.31. The Kier molecular flexibility index (Phi) is 6.97. The SMILES string of the molecule is CCC(CCC(C)(F)F)Cn1c(C(C)(C)C)nc2cc(NS(=O)(=O)CC)ccc21. The second-order valence-corrected chi connectivity index (χ2v) is 10.9. The summed E-state index contributed by atoms with van der Waals surface area (Å²) in [7, 11) is -3.37. The van der Waals surface area contributed by atoms with Crippen molar-refractivity contribution in [3.8, 4) is 0 Å². The number of imidazole rings is 1. The van der Waals surface area contributed by atoms with Crippen LogP contribution in [0.3, 0.4) is 0 Å². The van der Waals surface area contributed by atoms with E-state index in [1.165, 1.54) is 0 Å². The molecule has 1 aromatic heterocycles. The van der Waals surface area contributed by atoms with E-state index in [1.807, 2.05) is 13.0 Å². The molecule has 164 valence electrons. The van der Waals surface area contributed by atoms with Crippen molar-refractivity contribution in [1.82, 2.24) is 9.55 Å². The van der Waals surface area contributed by atoms with Crippen LogP contribution in [0.2, 0.25) is 0 Å². The topological polar surface area (TPSA) is 64.0 Å². The molecule has 2 aromatic rings. The number of fused-ring (bicyclic) bond motifs is 1. The van der Waals surface area contributed by atoms with E-state index in [-0.39, 0.29) is 23.5 Å². The van der Waals surface area contributed by atoms with Gasteiger partial charge in [-0.1, -0.05) is 34.1 Å². The Bertz CT molecular complexity index is 941. The zero-order valence-electron chi connectivity index (χ0n) is 18.2. The first-order chi connectivity index (χ1) is 13.3. The molecular weight excluding hydrogens is 396 g/mol. The number of halogens is 2. The lowest BCUT2D eigenvalue weighted by Gasteiger charge is -2.24. The fourth-order valence-electron chi connectivity index (χ4n) is 3.34. The Hall–Kier alpha value is -1.70. The van der Waals surface area contributed by atoms with Gasteiger partial charge in [-0.25, -0.2) is 22.2 Å². The van der Waals surface area contributed by atoms with E-state index in [4.69, 9.17) is 4.98 Å². The van der Waals surface area contributed by atoms with Crippen LogP contribution in [0, 0.1) is 5.92 Å². The van der Waals surface area contributed by atoms with E-state index in [9.17, 15) is 17.2 Å². The van der Waals surface area contributed by atoms with Crippen LogP contribution in [0.5, 0.6) is 0 Å². The largest absolute Gasteiger partial charge is 0.327 e. The highest BCUT2D eigenvalue weighted by molar-refractivity contribution is 7.92. The van der Waals surface area contributed by atoms with E-state index in [2.05, 4.69) is 30.1 Å². The van der Waals surface area contributed by atoms with Gasteiger partial charge in [0.2, 0.25) is 15.9 Å². The number of nitrogens with one attached hydrogen (secondary N) is 1. The molecule has 1 heterocycles. The van der Waals surface area contributed by atoms with Gasteiger partial charge in [0.15, 0.2) is 0 Å². The molecule has 0 fully saturated rings. The summed E-state index contributed by atoms with van der Waals surface area (Å²) >= 11 is 0. The fourth-order valence-corrected chi connectivity index (χ4v) is 3.97. The van der Waals surface area contributed by atoms with E-state index in [1.54, 1.807) is 19.1 Å². The van der Waals surface area contributed by atoms with Gasteiger partial charge in [-0.15, -0.1) is 0 Å². The third-order valence-electron chi connectivity index (χ3n) is 5.08. The Balaban J connectivity index is 2.43. The van der Waals surface area contributed by atoms with Gasteiger partial charge in [-0.3, -0.25) is 4.72 Å². The van der Waals surface area contributed by atoms with Crippen LogP contribution in [0.15, 0.2) is 18.2 Å². The van der Waals surface area contributed by atoms with Gasteiger partial charge in [0.05, 0.1) is 22.5 Å². The van der Waals surface area contributed by atoms with Crippen molar-refractivity contribution in [1.29, 1.82) is 0 Å². The highest BCUT2D eigenvalue weighted by Gasteiger charge is 2.27. The molecule has 1 unspecified atom stereocenters. The van der Waals surface area contributed by atoms with Gasteiger partial charge in [-0.2, -0.15) is 0 Å². The van der Waals surface area contributed by atoms with Crippen molar-refractivity contribution >= 4 is 26.7 Å². The van der Waals surface area contributed by atoms with Gasteiger partial charge in [0, 0.05) is 18.4 Å². The minimum absolute atomic E-state index is 0.00698. The lowest BCUT2D eigenvalue weighted by atomic mass is 9.94. The fraction of sp³-hybridized carbons (Fsp3) is 0.667. The molecule has 0 bridgehead atoms. The van der Waals surface area contributed by atoms with Crippen LogP contribution in [-0.4, -0.2) is 29.6 Å². The lowest BCUT2D eigenvalue weighted by molar-refractivity contribution is 0.00579. The normalized spacial score (nSPS) is 14.3. The van der Waals surface area contributed by atoms with Gasteiger partial charge < -0.3 is 4.57 Å². The molecule has 29 heavy (non-hydrogen) atoms. The number of hydrogen-bond donors (Lipinski definition) is 1. The van der Waals surface area contributed by atoms with Crippen LogP contribution in [0.25, 0.3) is 11.0 Å². The molecule has 1 aromatic carbocycles. The smallest absolute Gasteiger partial charge is 0.245 e. The maximum Gasteiger partial charge on any atom is 0.245 e. The molecule has 0 radical (unpaired) electrons. The summed E-state index contributed by atoms with van der Waals surface area (Å²) in [5.74, 6) is -1.70. The van der Waals surface area contributed by atoms with E-state index < -0.39 is 15.9 Å². The maximum atomic E-state index is 13.4. The molecule has 0 aliphatic carbocycles. The van der Waals surface area contributed by atoms with E-state index in [0.717, 1.165) is 24.7 Å². The average molecular weight is 430 g/mol. The van der Waals surface area contributed by atoms with Crippen LogP contribution in [-0.2, 0) is 22.0 Å². The summed E-state index contributed by atoms with van der Waals surface area (Å²) in [4.78, 5) is 4.78. The molecule has 0 spiro atoms. The van der Waals surface area contributed by atoms with Gasteiger partial charge >= 0.3 is 0 Å². The summed E-state index contributed by atoms with van der Waals surface area (Å²) in [5.41, 5.74) is 1.81. The van der Waals surface area contributed by atoms with E-state index in [0.29, 0.717) is 24.2 Å². The predicted molar refractivity (Wildman–Crippen MR) is 115 cm³/mol. The van der Waals surface area contributed by atoms with Crippen LogP contribution in [0.1, 0.15) is 66.6 Å². The predicted octanol–water partition coefficient (Wildman–Crippen LogP) is 5.56. The first-order valence-electron chi connectivity index (χ1n) is 10.1. The summed E-state index contributed by atoms with van der Waals surface area (Å²) in [5, 5.41) is 0. The zero-order chi connectivity index (χ0) is 22.0. The van der Waals surface area contributed by atoms with Crippen molar-refractivity contribution in [2.24, 2.45) is 5.92 Å². The van der Waals surface area contributed by atoms with Crippen LogP contribution < -0.4 is 4.72 Å². The van der Waals surface area contributed by atoms with Crippen LogP contribution >= 0.6 is 0 Å². The minimum atomic E-state index is -3.37. The van der Waals surface area contributed by atoms with Crippen molar-refractivity contribution in [2.75, 3.05) is 10.5 Å². The molecule has 0 aliphatic rings. The highest BCUT2D eigenvalue weighted by atomic mass is 32.2. The molecule has 1 atom stereocenters. The quantitative estimate of drug-likeness (QED) is 0.568. The Morgan fingerprint density at radius 3 is 2.34 bits per heavy atom. The monoisotopic (exact) mass is 429 g/mol. The molecule has 2 rings (SSSR count). The van der Waals surface area contributed by atoms with Gasteiger partial charge in [0.25, 0.3) is 0 Å². The standard InChI is InChI=1S/C21H33F2N3O2S/c1-7-15(11-12-21(6,22)23)14-26-18-10-9-16(25-29(27,28)8-2)13-17(18)24-19(26)20(3,4)5/h9-10,13,15,25H,7-8,11-12,14H2,1-6H3. The number of hydrogen-bond acceptors (Lipinski definition) is 3. The van der Waals surface area contributed by atoms with E-state index >= 15 is 0 Å². The molecule has 1 N–H and O–H groups in total. The molecule has 0 aliphatic heterocycles. The van der Waals surface area contributed by atoms with Crippen LogP contribution in [0.4, 0.5) is 14.5 Å². The first-order valence-corrected chi connectivity index (χ1v) is 11.8. The number of nitrogens with zero attached hydrogens (tertiary/aromatic N) is 2. The number of rotatable bonds is 9. The molecular formula is C21H33F2N3O2S. The van der Waals surface area contributed by atoms with Gasteiger partial charge in [-0.05, 0) is 44.4 Å². The lowest BCUT2D eigenvalue weighted by Crippen LogP contribution is -2.22. The van der Waals surface area contributed by atoms with Crippen molar-refractivity contribution < 1.29 is 17.2 Å². The van der Waals surface area contributed by atoms with Gasteiger partial charge in [0.1, 0.15) is 5.82 Å². The Morgan fingerprint density at radius 2 is 1.83 bits per heavy atom. The second-order valence-electron chi connectivity index (χ2n) is 8.89. The number of alkyl halides is 2. The third kappa shape index (κ3) is 6.39.